The van der Waals surface area contributed by atoms with Gasteiger partial charge in [0.25, 0.3) is 0 Å². The van der Waals surface area contributed by atoms with Gasteiger partial charge in [-0.2, -0.15) is 0 Å². The van der Waals surface area contributed by atoms with E-state index < -0.39 is 0 Å². The van der Waals surface area contributed by atoms with Crippen molar-refractivity contribution in [3.63, 3.8) is 0 Å². The molecule has 1 nitrogen and oxygen atoms in total. The van der Waals surface area contributed by atoms with Gasteiger partial charge in [0.1, 0.15) is 5.75 Å². The van der Waals surface area contributed by atoms with Crippen LogP contribution in [-0.4, -0.2) is 5.11 Å². The third-order valence-electron chi connectivity index (χ3n) is 2.08. The lowest BCUT2D eigenvalue weighted by Crippen LogP contribution is -2.27. The summed E-state index contributed by atoms with van der Waals surface area (Å²) in [7, 11) is 0. The Morgan fingerprint density at radius 3 is 2.00 bits per heavy atom. The molecule has 0 spiro atoms. The van der Waals surface area contributed by atoms with Gasteiger partial charge in [0, 0.05) is 5.22 Å². The second kappa shape index (κ2) is 3.65. The summed E-state index contributed by atoms with van der Waals surface area (Å²) >= 11 is 0. The van der Waals surface area contributed by atoms with Crippen molar-refractivity contribution in [2.24, 2.45) is 0 Å². The van der Waals surface area contributed by atoms with E-state index in [2.05, 4.69) is 13.8 Å². The Balaban J connectivity index is 3.88. The van der Waals surface area contributed by atoms with Gasteiger partial charge in [-0.1, -0.05) is 23.3 Å². The molecule has 0 radical (unpaired) electrons. The molecule has 1 aromatic rings. The Hall–Kier alpha value is -1.24. The molecule has 0 aliphatic rings. The van der Waals surface area contributed by atoms with E-state index in [0.29, 0.717) is 5.75 Å². The van der Waals surface area contributed by atoms with E-state index in [-0.39, 0.29) is 0 Å². The second-order valence-electron chi connectivity index (χ2n) is 3.70. The molecule has 0 heterocycles. The van der Waals surface area contributed by atoms with Crippen LogP contribution in [0.1, 0.15) is 27.7 Å². The minimum Gasteiger partial charge on any atom is -0.507 e. The molecule has 70 valence electrons. The van der Waals surface area contributed by atoms with Crippen molar-refractivity contribution in [2.45, 2.75) is 27.7 Å². The lowest BCUT2D eigenvalue weighted by molar-refractivity contribution is 0.470. The largest absolute Gasteiger partial charge is 0.507 e. The number of rotatable bonds is 0. The SMILES string of the molecule is CC(C)=c1cccc(O)c1=C(C)C. The van der Waals surface area contributed by atoms with Gasteiger partial charge in [-0.15, -0.1) is 0 Å². The summed E-state index contributed by atoms with van der Waals surface area (Å²) in [5.41, 5.74) is 2.38. The van der Waals surface area contributed by atoms with Crippen LogP contribution in [0.15, 0.2) is 18.2 Å². The van der Waals surface area contributed by atoms with Crippen LogP contribution in [-0.2, 0) is 0 Å². The van der Waals surface area contributed by atoms with Crippen molar-refractivity contribution in [2.75, 3.05) is 0 Å². The van der Waals surface area contributed by atoms with Gasteiger partial charge in [-0.25, -0.2) is 0 Å². The molecule has 0 amide bonds. The zero-order valence-electron chi connectivity index (χ0n) is 8.68. The van der Waals surface area contributed by atoms with Crippen LogP contribution >= 0.6 is 0 Å². The average Bonchev–Trinajstić information content (AvgIpc) is 2.02. The zero-order valence-corrected chi connectivity index (χ0v) is 8.68. The maximum atomic E-state index is 9.68. The molecular weight excluding hydrogens is 160 g/mol. The van der Waals surface area contributed by atoms with E-state index in [1.165, 1.54) is 5.57 Å². The van der Waals surface area contributed by atoms with Crippen LogP contribution in [0.3, 0.4) is 0 Å². The first-order valence-electron chi connectivity index (χ1n) is 4.47. The van der Waals surface area contributed by atoms with Gasteiger partial charge >= 0.3 is 0 Å². The predicted molar refractivity (Wildman–Crippen MR) is 56.9 cm³/mol. The Morgan fingerprint density at radius 1 is 1.00 bits per heavy atom. The summed E-state index contributed by atoms with van der Waals surface area (Å²) in [6.07, 6.45) is 0. The lowest BCUT2D eigenvalue weighted by Gasteiger charge is -1.99. The van der Waals surface area contributed by atoms with Crippen molar-refractivity contribution in [3.05, 3.63) is 28.6 Å². The Kier molecular flexibility index (Phi) is 2.76. The van der Waals surface area contributed by atoms with Gasteiger partial charge in [0.15, 0.2) is 0 Å². The fourth-order valence-electron chi connectivity index (χ4n) is 1.48. The van der Waals surface area contributed by atoms with Crippen LogP contribution < -0.4 is 10.4 Å². The van der Waals surface area contributed by atoms with Crippen LogP contribution in [0.5, 0.6) is 5.75 Å². The lowest BCUT2D eigenvalue weighted by atomic mass is 10.1. The van der Waals surface area contributed by atoms with Crippen molar-refractivity contribution < 1.29 is 5.11 Å². The standard InChI is InChI=1S/C12H16O/c1-8(2)10-6-5-7-11(13)12(10)9(3)4/h5-7,13H,1-4H3. The molecule has 1 aromatic carbocycles. The van der Waals surface area contributed by atoms with Crippen molar-refractivity contribution in [3.8, 4) is 5.75 Å². The maximum Gasteiger partial charge on any atom is 0.123 e. The third kappa shape index (κ3) is 1.92. The predicted octanol–water partition coefficient (Wildman–Crippen LogP) is 1.77. The fourth-order valence-corrected chi connectivity index (χ4v) is 1.48. The Morgan fingerprint density at radius 2 is 1.62 bits per heavy atom. The van der Waals surface area contributed by atoms with Crippen LogP contribution in [0, 0.1) is 0 Å². The molecule has 1 heteroatoms. The van der Waals surface area contributed by atoms with E-state index >= 15 is 0 Å². The van der Waals surface area contributed by atoms with Gasteiger partial charge in [0.2, 0.25) is 0 Å². The van der Waals surface area contributed by atoms with E-state index in [1.807, 2.05) is 26.0 Å². The summed E-state index contributed by atoms with van der Waals surface area (Å²) in [6, 6.07) is 5.65. The second-order valence-corrected chi connectivity index (χ2v) is 3.70. The van der Waals surface area contributed by atoms with Gasteiger partial charge in [-0.05, 0) is 39.0 Å². The number of hydrogen-bond donors (Lipinski definition) is 1. The molecule has 0 fully saturated rings. The number of benzene rings is 1. The number of phenols is 1. The Bertz CT molecular complexity index is 419. The molecular formula is C12H16O. The van der Waals surface area contributed by atoms with Gasteiger partial charge in [-0.3, -0.25) is 0 Å². The number of aromatic hydroxyl groups is 1. The monoisotopic (exact) mass is 176 g/mol. The van der Waals surface area contributed by atoms with Crippen molar-refractivity contribution in [1.29, 1.82) is 0 Å². The topological polar surface area (TPSA) is 20.2 Å². The van der Waals surface area contributed by atoms with E-state index in [1.54, 1.807) is 6.07 Å². The molecule has 0 unspecified atom stereocenters. The van der Waals surface area contributed by atoms with Crippen LogP contribution in [0.2, 0.25) is 0 Å². The Labute approximate surface area is 79.0 Å². The third-order valence-corrected chi connectivity index (χ3v) is 2.08. The van der Waals surface area contributed by atoms with Gasteiger partial charge in [0.05, 0.1) is 0 Å². The molecule has 0 atom stereocenters. The fraction of sp³-hybridized carbons (Fsp3) is 0.333. The quantitative estimate of drug-likeness (QED) is 0.638. The minimum absolute atomic E-state index is 0.374. The number of hydrogen-bond acceptors (Lipinski definition) is 1. The highest BCUT2D eigenvalue weighted by atomic mass is 16.3. The summed E-state index contributed by atoms with van der Waals surface area (Å²) < 4.78 is 0. The smallest absolute Gasteiger partial charge is 0.123 e. The highest BCUT2D eigenvalue weighted by molar-refractivity contribution is 5.50. The van der Waals surface area contributed by atoms with Crippen molar-refractivity contribution >= 4 is 11.1 Å². The molecule has 1 rings (SSSR count). The highest BCUT2D eigenvalue weighted by Gasteiger charge is 1.95. The van der Waals surface area contributed by atoms with E-state index in [9.17, 15) is 5.11 Å². The normalized spacial score (nSPS) is 9.85. The van der Waals surface area contributed by atoms with Gasteiger partial charge < -0.3 is 5.11 Å². The molecule has 0 aromatic heterocycles. The number of phenolic OH excluding ortho intramolecular Hbond substituents is 1. The molecule has 0 saturated heterocycles. The van der Waals surface area contributed by atoms with E-state index in [0.717, 1.165) is 16.0 Å². The first-order chi connectivity index (χ1) is 6.04. The first-order valence-corrected chi connectivity index (χ1v) is 4.47. The van der Waals surface area contributed by atoms with Crippen LogP contribution in [0.4, 0.5) is 0 Å². The minimum atomic E-state index is 0.374. The summed E-state index contributed by atoms with van der Waals surface area (Å²) in [4.78, 5) is 0. The molecule has 13 heavy (non-hydrogen) atoms. The average molecular weight is 176 g/mol. The summed E-state index contributed by atoms with van der Waals surface area (Å²) in [5, 5.41) is 11.8. The molecule has 0 saturated carbocycles. The maximum absolute atomic E-state index is 9.68. The molecule has 0 aliphatic heterocycles. The van der Waals surface area contributed by atoms with E-state index in [4.69, 9.17) is 0 Å². The molecule has 0 aliphatic carbocycles. The molecule has 1 N–H and O–H groups in total. The zero-order chi connectivity index (χ0) is 10.0. The van der Waals surface area contributed by atoms with Crippen molar-refractivity contribution in [1.82, 2.24) is 0 Å². The summed E-state index contributed by atoms with van der Waals surface area (Å²) in [5.74, 6) is 0.374. The highest BCUT2D eigenvalue weighted by Crippen LogP contribution is 1.99. The first kappa shape index (κ1) is 9.85. The molecule has 0 bridgehead atoms. The van der Waals surface area contributed by atoms with Crippen LogP contribution in [0.25, 0.3) is 11.1 Å². The summed E-state index contributed by atoms with van der Waals surface area (Å²) in [6.45, 7) is 8.14.